The number of hydrogen-bond donors (Lipinski definition) is 0. The summed E-state index contributed by atoms with van der Waals surface area (Å²) in [6.45, 7) is 0. The molecule has 0 aromatic carbocycles. The molecule has 0 nitrogen and oxygen atoms in total. The van der Waals surface area contributed by atoms with Crippen molar-refractivity contribution in [2.45, 2.75) is 0 Å². The van der Waals surface area contributed by atoms with Crippen LogP contribution in [0.5, 0.6) is 0 Å². The van der Waals surface area contributed by atoms with Crippen molar-refractivity contribution in [3.05, 3.63) is 4.30 Å². The molecule has 0 aromatic rings. The molecule has 35 valence electrons. The van der Waals surface area contributed by atoms with Crippen LogP contribution in [0.4, 0.5) is 0 Å². The van der Waals surface area contributed by atoms with Gasteiger partial charge < -0.3 is 0 Å². The summed E-state index contributed by atoms with van der Waals surface area (Å²) in [5, 5.41) is 0. The minimum absolute atomic E-state index is 0. The zero-order chi connectivity index (χ0) is 3.58. The van der Waals surface area contributed by atoms with Gasteiger partial charge in [0.2, 0.25) is 4.30 Å². The molecule has 0 aromatic heterocycles. The van der Waals surface area contributed by atoms with Gasteiger partial charge in [0.1, 0.15) is 0 Å². The third-order valence-corrected chi connectivity index (χ3v) is 0. The minimum atomic E-state index is -0.167. The number of halogens is 3. The molecule has 0 aliphatic carbocycles. The molecule has 0 saturated carbocycles. The molecule has 0 aliphatic rings. The van der Waals surface area contributed by atoms with Gasteiger partial charge in [-0.15, -0.1) is 0 Å². The first-order valence-corrected chi connectivity index (χ1v) is 1.70. The molecule has 0 rings (SSSR count). The summed E-state index contributed by atoms with van der Waals surface area (Å²) in [5.74, 6) is 0. The standard InChI is InChI=1S/CCl3.BH3.Zr/c2-1(3)4;;/h;1H3;. The monoisotopic (exact) mass is 221 g/mol. The van der Waals surface area contributed by atoms with Crippen molar-refractivity contribution in [2.24, 2.45) is 0 Å². The van der Waals surface area contributed by atoms with E-state index in [1.807, 2.05) is 0 Å². The molecular weight excluding hydrogens is 220 g/mol. The molecule has 5 heteroatoms. The zero-order valence-corrected chi connectivity index (χ0v) is 6.86. The van der Waals surface area contributed by atoms with E-state index < -0.39 is 0 Å². The van der Waals surface area contributed by atoms with Crippen LogP contribution in [0.15, 0.2) is 0 Å². The van der Waals surface area contributed by atoms with Crippen molar-refractivity contribution >= 4 is 43.2 Å². The molecule has 0 atom stereocenters. The number of rotatable bonds is 0. The molecular formula is CH3BCl3Zr. The molecule has 0 aliphatic heterocycles. The van der Waals surface area contributed by atoms with Crippen LogP contribution in [0.1, 0.15) is 0 Å². The Kier molecular flexibility index (Phi) is 25.9. The summed E-state index contributed by atoms with van der Waals surface area (Å²) in [4.78, 5) is 0. The zero-order valence-electron chi connectivity index (χ0n) is 2.13. The fraction of sp³-hybridized carbons (Fsp3) is 0. The fourth-order valence-corrected chi connectivity index (χ4v) is 0. The maximum atomic E-state index is 4.72. The van der Waals surface area contributed by atoms with Crippen LogP contribution >= 0.6 is 34.8 Å². The van der Waals surface area contributed by atoms with Gasteiger partial charge in [0.05, 0.1) is 8.41 Å². The summed E-state index contributed by atoms with van der Waals surface area (Å²) >= 11 is 14.2. The molecule has 0 N–H and O–H groups in total. The first-order valence-electron chi connectivity index (χ1n) is 0.567. The molecule has 0 fully saturated rings. The maximum absolute atomic E-state index is 4.72. The average molecular weight is 223 g/mol. The van der Waals surface area contributed by atoms with Crippen molar-refractivity contribution in [3.8, 4) is 0 Å². The van der Waals surface area contributed by atoms with Crippen molar-refractivity contribution in [1.29, 1.82) is 0 Å². The Morgan fingerprint density at radius 3 is 1.00 bits per heavy atom. The van der Waals surface area contributed by atoms with Gasteiger partial charge in [0.15, 0.2) is 0 Å². The van der Waals surface area contributed by atoms with Gasteiger partial charge in [-0.05, 0) is 0 Å². The fourth-order valence-electron chi connectivity index (χ4n) is 0. The van der Waals surface area contributed by atoms with Gasteiger partial charge in [0.25, 0.3) is 0 Å². The third kappa shape index (κ3) is 40.9. The van der Waals surface area contributed by atoms with Crippen LogP contribution in [0.25, 0.3) is 0 Å². The molecule has 6 heavy (non-hydrogen) atoms. The van der Waals surface area contributed by atoms with E-state index in [2.05, 4.69) is 0 Å². The van der Waals surface area contributed by atoms with Crippen molar-refractivity contribution in [2.75, 3.05) is 0 Å². The summed E-state index contributed by atoms with van der Waals surface area (Å²) in [6, 6.07) is 0. The van der Waals surface area contributed by atoms with Gasteiger partial charge in [-0.2, -0.15) is 0 Å². The van der Waals surface area contributed by atoms with Gasteiger partial charge in [-0.25, -0.2) is 0 Å². The van der Waals surface area contributed by atoms with E-state index in [-0.39, 0.29) is 38.9 Å². The van der Waals surface area contributed by atoms with Crippen LogP contribution in [-0.4, -0.2) is 8.41 Å². The second-order valence-corrected chi connectivity index (χ2v) is 1.93. The van der Waals surface area contributed by atoms with Crippen molar-refractivity contribution in [3.63, 3.8) is 0 Å². The Balaban J connectivity index is -0.0000000450. The van der Waals surface area contributed by atoms with E-state index in [0.717, 1.165) is 0 Å². The predicted molar refractivity (Wildman–Crippen MR) is 30.7 cm³/mol. The minimum Gasteiger partial charge on any atom is -0.0788 e. The second-order valence-electron chi connectivity index (χ2n) is 0.214. The summed E-state index contributed by atoms with van der Waals surface area (Å²) in [6.07, 6.45) is 0. The smallest absolute Gasteiger partial charge is 0.0788 e. The average Bonchev–Trinajstić information content (AvgIpc) is 0.811. The molecule has 0 unspecified atom stereocenters. The first-order chi connectivity index (χ1) is 1.73. The van der Waals surface area contributed by atoms with Crippen molar-refractivity contribution in [1.82, 2.24) is 0 Å². The molecule has 1 radical (unpaired) electrons. The van der Waals surface area contributed by atoms with Gasteiger partial charge in [0, 0.05) is 26.2 Å². The van der Waals surface area contributed by atoms with Gasteiger partial charge in [-0.3, -0.25) is 0 Å². The largest absolute Gasteiger partial charge is 0.236 e. The summed E-state index contributed by atoms with van der Waals surface area (Å²) < 4.78 is -0.167. The molecule has 0 heterocycles. The quantitative estimate of drug-likeness (QED) is 0.537. The van der Waals surface area contributed by atoms with Crippen LogP contribution in [0.3, 0.4) is 0 Å². The van der Waals surface area contributed by atoms with Crippen LogP contribution in [-0.2, 0) is 26.2 Å². The van der Waals surface area contributed by atoms with E-state index in [4.69, 9.17) is 34.8 Å². The third-order valence-electron chi connectivity index (χ3n) is 0. The van der Waals surface area contributed by atoms with E-state index >= 15 is 0 Å². The van der Waals surface area contributed by atoms with E-state index in [0.29, 0.717) is 0 Å². The van der Waals surface area contributed by atoms with E-state index in [1.165, 1.54) is 0 Å². The molecule has 0 bridgehead atoms. The Morgan fingerprint density at radius 2 is 1.00 bits per heavy atom. The van der Waals surface area contributed by atoms with E-state index in [9.17, 15) is 0 Å². The Bertz CT molecular complexity index is 15.5. The van der Waals surface area contributed by atoms with E-state index in [1.54, 1.807) is 0 Å². The Morgan fingerprint density at radius 1 is 1.00 bits per heavy atom. The first kappa shape index (κ1) is 15.7. The molecule has 0 spiro atoms. The maximum Gasteiger partial charge on any atom is 0.236 e. The molecule has 0 saturated heterocycles. The van der Waals surface area contributed by atoms with Gasteiger partial charge in [-0.1, -0.05) is 34.8 Å². The molecule has 0 amide bonds. The van der Waals surface area contributed by atoms with Crippen LogP contribution < -0.4 is 0 Å². The Hall–Kier alpha value is 1.82. The normalized spacial score (nSPS) is 6.00. The van der Waals surface area contributed by atoms with Crippen LogP contribution in [0.2, 0.25) is 0 Å². The summed E-state index contributed by atoms with van der Waals surface area (Å²) in [7, 11) is 0. The van der Waals surface area contributed by atoms with Crippen molar-refractivity contribution < 1.29 is 26.2 Å². The Labute approximate surface area is 73.2 Å². The van der Waals surface area contributed by atoms with Crippen LogP contribution in [0, 0.1) is 4.30 Å². The SMILES string of the molecule is B.Cl[C](Cl)Cl.[Zr]. The second kappa shape index (κ2) is 9.94. The topological polar surface area (TPSA) is 0 Å². The number of hydrogen-bond acceptors (Lipinski definition) is 0. The summed E-state index contributed by atoms with van der Waals surface area (Å²) in [5.41, 5.74) is 0. The van der Waals surface area contributed by atoms with Gasteiger partial charge >= 0.3 is 0 Å². The predicted octanol–water partition coefficient (Wildman–Crippen LogP) is 0.963.